The summed E-state index contributed by atoms with van der Waals surface area (Å²) in [6, 6.07) is 4.80. The van der Waals surface area contributed by atoms with Crippen LogP contribution in [0.25, 0.3) is 0 Å². The number of likely N-dealkylation sites (N-methyl/N-ethyl adjacent to an activating group) is 1. The maximum absolute atomic E-state index is 12.8. The normalized spacial score (nSPS) is 12.3. The summed E-state index contributed by atoms with van der Waals surface area (Å²) >= 11 is 0. The zero-order valence-corrected chi connectivity index (χ0v) is 12.4. The van der Waals surface area contributed by atoms with Gasteiger partial charge < -0.3 is 10.0 Å². The second-order valence-corrected chi connectivity index (χ2v) is 5.31. The Morgan fingerprint density at radius 3 is 2.29 bits per heavy atom. The molecule has 0 heterocycles. The summed E-state index contributed by atoms with van der Waals surface area (Å²) in [4.78, 5) is 13.9. The third-order valence-electron chi connectivity index (χ3n) is 3.49. The molecular weight excluding hydrogens is 283 g/mol. The van der Waals surface area contributed by atoms with E-state index in [1.165, 1.54) is 17.0 Å². The molecule has 0 saturated heterocycles. The maximum atomic E-state index is 12.8. The molecule has 1 amide bonds. The van der Waals surface area contributed by atoms with Gasteiger partial charge >= 0.3 is 6.18 Å². The number of halogens is 3. The van der Waals surface area contributed by atoms with Crippen molar-refractivity contribution in [3.63, 3.8) is 0 Å². The fourth-order valence-electron chi connectivity index (χ4n) is 2.13. The van der Waals surface area contributed by atoms with E-state index in [1.54, 1.807) is 20.8 Å². The summed E-state index contributed by atoms with van der Waals surface area (Å²) in [7, 11) is 0. The van der Waals surface area contributed by atoms with Crippen LogP contribution in [0, 0.1) is 0 Å². The van der Waals surface area contributed by atoms with Gasteiger partial charge in [0, 0.05) is 13.1 Å². The number of carbonyl (C=O) groups is 1. The van der Waals surface area contributed by atoms with Gasteiger partial charge in [0.25, 0.3) is 0 Å². The van der Waals surface area contributed by atoms with Crippen molar-refractivity contribution in [2.24, 2.45) is 0 Å². The molecule has 0 bridgehead atoms. The molecule has 0 aliphatic carbocycles. The zero-order valence-electron chi connectivity index (χ0n) is 12.4. The lowest BCUT2D eigenvalue weighted by atomic mass is 9.82. The Bertz CT molecular complexity index is 498. The van der Waals surface area contributed by atoms with Crippen molar-refractivity contribution in [2.45, 2.75) is 32.4 Å². The monoisotopic (exact) mass is 303 g/mol. The predicted molar refractivity (Wildman–Crippen MR) is 73.8 cm³/mol. The van der Waals surface area contributed by atoms with Crippen LogP contribution in [0.1, 0.15) is 31.9 Å². The van der Waals surface area contributed by atoms with Crippen molar-refractivity contribution in [3.05, 3.63) is 35.4 Å². The van der Waals surface area contributed by atoms with Crippen LogP contribution < -0.4 is 0 Å². The molecule has 1 aromatic carbocycles. The summed E-state index contributed by atoms with van der Waals surface area (Å²) in [5.74, 6) is -0.307. The lowest BCUT2D eigenvalue weighted by molar-refractivity contribution is -0.139. The first-order chi connectivity index (χ1) is 9.64. The molecule has 118 valence electrons. The molecule has 0 aliphatic heterocycles. The number of aliphatic hydroxyl groups is 1. The van der Waals surface area contributed by atoms with Gasteiger partial charge in [-0.3, -0.25) is 4.79 Å². The summed E-state index contributed by atoms with van der Waals surface area (Å²) in [6.45, 7) is 5.31. The molecular formula is C15H20F3NO2. The van der Waals surface area contributed by atoms with E-state index in [0.717, 1.165) is 12.1 Å². The first kappa shape index (κ1) is 17.5. The van der Waals surface area contributed by atoms with Gasteiger partial charge in [0.2, 0.25) is 5.91 Å². The van der Waals surface area contributed by atoms with Gasteiger partial charge in [-0.1, -0.05) is 18.2 Å². The van der Waals surface area contributed by atoms with Crippen LogP contribution in [0.2, 0.25) is 0 Å². The highest BCUT2D eigenvalue weighted by atomic mass is 19.4. The first-order valence-corrected chi connectivity index (χ1v) is 6.72. The smallest absolute Gasteiger partial charge is 0.395 e. The number of aliphatic hydroxyl groups excluding tert-OH is 1. The zero-order chi connectivity index (χ0) is 16.3. The average molecular weight is 303 g/mol. The van der Waals surface area contributed by atoms with Crippen LogP contribution >= 0.6 is 0 Å². The average Bonchev–Trinajstić information content (AvgIpc) is 2.43. The van der Waals surface area contributed by atoms with Crippen molar-refractivity contribution < 1.29 is 23.1 Å². The summed E-state index contributed by atoms with van der Waals surface area (Å²) in [5.41, 5.74) is -1.56. The molecule has 0 spiro atoms. The SMILES string of the molecule is CCN(CCO)C(=O)C(C)(C)c1cccc(C(F)(F)F)c1. The van der Waals surface area contributed by atoms with Gasteiger partial charge in [0.05, 0.1) is 17.6 Å². The minimum absolute atomic E-state index is 0.164. The Kier molecular flexibility index (Phi) is 5.39. The fourth-order valence-corrected chi connectivity index (χ4v) is 2.13. The largest absolute Gasteiger partial charge is 0.416 e. The van der Waals surface area contributed by atoms with Crippen LogP contribution in [0.5, 0.6) is 0 Å². The molecule has 1 N–H and O–H groups in total. The molecule has 3 nitrogen and oxygen atoms in total. The molecule has 21 heavy (non-hydrogen) atoms. The van der Waals surface area contributed by atoms with E-state index < -0.39 is 17.2 Å². The minimum Gasteiger partial charge on any atom is -0.395 e. The lowest BCUT2D eigenvalue weighted by Crippen LogP contribution is -2.44. The quantitative estimate of drug-likeness (QED) is 0.908. The van der Waals surface area contributed by atoms with Crippen molar-refractivity contribution in [1.29, 1.82) is 0 Å². The van der Waals surface area contributed by atoms with Crippen molar-refractivity contribution in [2.75, 3.05) is 19.7 Å². The Hall–Kier alpha value is -1.56. The second-order valence-electron chi connectivity index (χ2n) is 5.31. The molecule has 0 saturated carbocycles. The van der Waals surface area contributed by atoms with Crippen LogP contribution in [-0.4, -0.2) is 35.6 Å². The van der Waals surface area contributed by atoms with E-state index in [1.807, 2.05) is 0 Å². The highest BCUT2D eigenvalue weighted by Crippen LogP contribution is 2.33. The Labute approximate surface area is 122 Å². The summed E-state index contributed by atoms with van der Waals surface area (Å²) < 4.78 is 38.3. The van der Waals surface area contributed by atoms with E-state index in [4.69, 9.17) is 5.11 Å². The van der Waals surface area contributed by atoms with Gasteiger partial charge in [0.15, 0.2) is 0 Å². The molecule has 0 fully saturated rings. The van der Waals surface area contributed by atoms with Crippen molar-refractivity contribution in [1.82, 2.24) is 4.90 Å². The number of rotatable bonds is 5. The molecule has 1 rings (SSSR count). The standard InChI is InChI=1S/C15H20F3NO2/c1-4-19(8-9-20)13(21)14(2,3)11-6-5-7-12(10-11)15(16,17)18/h5-7,10,20H,4,8-9H2,1-3H3. The Morgan fingerprint density at radius 1 is 1.24 bits per heavy atom. The number of nitrogens with zero attached hydrogens (tertiary/aromatic N) is 1. The number of alkyl halides is 3. The van der Waals surface area contributed by atoms with Crippen LogP contribution in [0.15, 0.2) is 24.3 Å². The van der Waals surface area contributed by atoms with E-state index in [-0.39, 0.29) is 19.1 Å². The van der Waals surface area contributed by atoms with E-state index >= 15 is 0 Å². The molecule has 0 aliphatic rings. The van der Waals surface area contributed by atoms with Gasteiger partial charge in [0.1, 0.15) is 0 Å². The van der Waals surface area contributed by atoms with Gasteiger partial charge in [-0.2, -0.15) is 13.2 Å². The van der Waals surface area contributed by atoms with Gasteiger partial charge in [-0.25, -0.2) is 0 Å². The third kappa shape index (κ3) is 3.97. The molecule has 0 atom stereocenters. The topological polar surface area (TPSA) is 40.5 Å². The number of benzene rings is 1. The molecule has 0 unspecified atom stereocenters. The number of amides is 1. The van der Waals surface area contributed by atoms with Crippen LogP contribution in [0.3, 0.4) is 0 Å². The predicted octanol–water partition coefficient (Wildman–Crippen LogP) is 2.82. The second kappa shape index (κ2) is 6.47. The highest BCUT2D eigenvalue weighted by molar-refractivity contribution is 5.87. The Balaban J connectivity index is 3.15. The van der Waals surface area contributed by atoms with Gasteiger partial charge in [-0.05, 0) is 32.4 Å². The molecule has 0 aromatic heterocycles. The number of hydrogen-bond acceptors (Lipinski definition) is 2. The number of hydrogen-bond donors (Lipinski definition) is 1. The summed E-state index contributed by atoms with van der Waals surface area (Å²) in [6.07, 6.45) is -4.44. The molecule has 0 radical (unpaired) electrons. The van der Waals surface area contributed by atoms with E-state index in [2.05, 4.69) is 0 Å². The van der Waals surface area contributed by atoms with Crippen molar-refractivity contribution >= 4 is 5.91 Å². The van der Waals surface area contributed by atoms with Gasteiger partial charge in [-0.15, -0.1) is 0 Å². The summed E-state index contributed by atoms with van der Waals surface area (Å²) in [5, 5.41) is 8.96. The van der Waals surface area contributed by atoms with Crippen molar-refractivity contribution in [3.8, 4) is 0 Å². The van der Waals surface area contributed by atoms with Crippen LogP contribution in [-0.2, 0) is 16.4 Å². The third-order valence-corrected chi connectivity index (χ3v) is 3.49. The number of carbonyl (C=O) groups excluding carboxylic acids is 1. The van der Waals surface area contributed by atoms with E-state index in [0.29, 0.717) is 12.1 Å². The van der Waals surface area contributed by atoms with Crippen LogP contribution in [0.4, 0.5) is 13.2 Å². The molecule has 1 aromatic rings. The minimum atomic E-state index is -4.44. The fraction of sp³-hybridized carbons (Fsp3) is 0.533. The van der Waals surface area contributed by atoms with E-state index in [9.17, 15) is 18.0 Å². The Morgan fingerprint density at radius 2 is 1.81 bits per heavy atom. The maximum Gasteiger partial charge on any atom is 0.416 e. The first-order valence-electron chi connectivity index (χ1n) is 6.72. The molecule has 6 heteroatoms. The lowest BCUT2D eigenvalue weighted by Gasteiger charge is -2.31. The highest BCUT2D eigenvalue weighted by Gasteiger charge is 2.36.